The summed E-state index contributed by atoms with van der Waals surface area (Å²) in [7, 11) is 0. The monoisotopic (exact) mass is 952 g/mol. The third-order valence-corrected chi connectivity index (χ3v) is 9.74. The van der Waals surface area contributed by atoms with Crippen LogP contribution >= 0.6 is 12.4 Å². The van der Waals surface area contributed by atoms with Crippen LogP contribution in [0.5, 0.6) is 0 Å². The predicted molar refractivity (Wildman–Crippen MR) is 230 cm³/mol. The maximum absolute atomic E-state index is 14.9. The largest absolute Gasteiger partial charge is 1.00 e. The van der Waals surface area contributed by atoms with E-state index in [1.165, 1.54) is 23.1 Å². The lowest BCUT2D eigenvalue weighted by molar-refractivity contribution is -0.670. The molecule has 14 nitrogen and oxygen atoms in total. The Morgan fingerprint density at radius 3 is 1.57 bits per heavy atom. The van der Waals surface area contributed by atoms with Gasteiger partial charge in [0.25, 0.3) is 0 Å². The maximum Gasteiger partial charge on any atom is 0.415 e. The molecule has 0 spiro atoms. The van der Waals surface area contributed by atoms with Crippen LogP contribution in [-0.2, 0) is 36.9 Å². The first-order valence-electron chi connectivity index (χ1n) is 20.1. The van der Waals surface area contributed by atoms with Crippen LogP contribution in [0, 0.1) is 11.6 Å². The van der Waals surface area contributed by atoms with E-state index in [4.69, 9.17) is 24.4 Å². The molecule has 0 bridgehead atoms. The number of ether oxygens (including phenoxy) is 3. The molecule has 65 heavy (non-hydrogen) atoms. The molecule has 0 unspecified atom stereocenters. The van der Waals surface area contributed by atoms with Crippen LogP contribution in [0.25, 0.3) is 22.3 Å². The number of halogens is 6. The molecule has 0 saturated carbocycles. The highest BCUT2D eigenvalue weighted by Gasteiger charge is 2.38. The van der Waals surface area contributed by atoms with Crippen molar-refractivity contribution in [2.24, 2.45) is 0 Å². The number of cyclic esters (lactones) is 2. The number of nitrogens with zero attached hydrogens (tertiary/aromatic N) is 3. The Morgan fingerprint density at radius 1 is 0.738 bits per heavy atom. The van der Waals surface area contributed by atoms with Crippen LogP contribution < -0.4 is 27.5 Å². The molecule has 4 aromatic rings. The highest BCUT2D eigenvalue weighted by molar-refractivity contribution is 5.95. The molecule has 0 radical (unpaired) electrons. The molecule has 4 N–H and O–H groups in total. The number of anilines is 2. The lowest BCUT2D eigenvalue weighted by Gasteiger charge is -2.27. The number of hydrogen-bond acceptors (Lipinski definition) is 8. The van der Waals surface area contributed by atoms with Gasteiger partial charge in [-0.15, -0.1) is 12.4 Å². The number of carboxylic acids is 2. The van der Waals surface area contributed by atoms with Crippen molar-refractivity contribution in [3.05, 3.63) is 108 Å². The number of carbonyl (C=O) groups excluding carboxylic acids is 3. The standard InChI is InChI=1S/C25H28F2N2O6.C20H20F2N2O4.2ClH/c1-25(2,3)35-23(32)28(12-4-11-26)14-16-5-7-17(8-6-16)19-10-9-18(13-20(19)27)29-15-21(22(30)31)34-24(29)33;21-8-1-9-23-11-13-2-4-14(5-3-13)16-7-6-15(10-17(16)22)24-12-18(19(25)26)28-20(24)27;;/h5-10,13,21H,4,11-12,14-15H2,1-3H3,(H,30,31);2-7,10,18,23H,1,8-9,11-12H2,(H,25,26);2*1H/t21-;18-;;/m11../s1. The molecule has 2 saturated heterocycles. The molecule has 6 rings (SSSR count). The van der Waals surface area contributed by atoms with Crippen LogP contribution in [0.3, 0.4) is 0 Å². The first kappa shape index (κ1) is 53.2. The Morgan fingerprint density at radius 2 is 1.18 bits per heavy atom. The zero-order valence-corrected chi connectivity index (χ0v) is 37.3. The highest BCUT2D eigenvalue weighted by Crippen LogP contribution is 2.31. The van der Waals surface area contributed by atoms with E-state index in [-0.39, 0.29) is 81.0 Å². The molecule has 4 aromatic carbocycles. The van der Waals surface area contributed by atoms with Gasteiger partial charge >= 0.3 is 30.2 Å². The smallest absolute Gasteiger partial charge is 0.415 e. The number of aliphatic carboxylic acids is 2. The fourth-order valence-electron chi connectivity index (χ4n) is 6.55. The van der Waals surface area contributed by atoms with Gasteiger partial charge in [0.15, 0.2) is 0 Å². The molecule has 2 aliphatic rings. The van der Waals surface area contributed by atoms with Crippen LogP contribution in [0.4, 0.5) is 43.3 Å². The minimum atomic E-state index is -1.30. The van der Waals surface area contributed by atoms with E-state index in [9.17, 15) is 41.5 Å². The van der Waals surface area contributed by atoms with Gasteiger partial charge in [-0.05, 0) is 80.3 Å². The summed E-state index contributed by atoms with van der Waals surface area (Å²) in [6.07, 6.45) is -4.06. The van der Waals surface area contributed by atoms with Gasteiger partial charge in [0.1, 0.15) is 23.8 Å². The van der Waals surface area contributed by atoms with E-state index < -0.39 is 66.3 Å². The van der Waals surface area contributed by atoms with Crippen molar-refractivity contribution in [2.75, 3.05) is 49.3 Å². The van der Waals surface area contributed by atoms with E-state index >= 15 is 0 Å². The lowest BCUT2D eigenvalue weighted by atomic mass is 10.0. The zero-order chi connectivity index (χ0) is 45.8. The van der Waals surface area contributed by atoms with Crippen LogP contribution in [0.2, 0.25) is 0 Å². The number of alkyl halides is 2. The SMILES string of the molecule is CC(C)(C)OC(=O)N(CCCF)Cc1ccc(-c2ccc(N3C[C@H](C(=O)O)OC3=O)cc2F)cc1.Cl.O=C(O)[C@H]1CN(c2ccc(-c3ccc(C[NH2+]CCCF)cc3)c(F)c2)C(=O)O1.[Cl-]. The summed E-state index contributed by atoms with van der Waals surface area (Å²) in [6.45, 7) is 5.86. The number of carbonyl (C=O) groups is 5. The molecule has 3 amide bonds. The number of quaternary nitrogens is 1. The third kappa shape index (κ3) is 14.7. The molecule has 352 valence electrons. The summed E-state index contributed by atoms with van der Waals surface area (Å²) in [4.78, 5) is 61.8. The van der Waals surface area contributed by atoms with Gasteiger partial charge in [-0.25, -0.2) is 32.8 Å². The normalized spacial score (nSPS) is 15.4. The van der Waals surface area contributed by atoms with Crippen LogP contribution in [-0.4, -0.2) is 103 Å². The Bertz CT molecular complexity index is 2270. The molecule has 2 fully saturated rings. The number of benzene rings is 4. The van der Waals surface area contributed by atoms with Gasteiger partial charge in [0.2, 0.25) is 12.2 Å². The van der Waals surface area contributed by atoms with E-state index in [0.717, 1.165) is 40.1 Å². The summed E-state index contributed by atoms with van der Waals surface area (Å²) < 4.78 is 69.2. The fourth-order valence-corrected chi connectivity index (χ4v) is 6.55. The number of carboxylic acid groups (broad SMARTS) is 2. The van der Waals surface area contributed by atoms with Crippen molar-refractivity contribution < 1.29 is 83.7 Å². The second-order valence-corrected chi connectivity index (χ2v) is 15.6. The first-order chi connectivity index (χ1) is 30.0. The summed E-state index contributed by atoms with van der Waals surface area (Å²) in [5.74, 6) is -3.63. The molecule has 20 heteroatoms. The number of amides is 3. The van der Waals surface area contributed by atoms with Crippen molar-refractivity contribution in [1.29, 1.82) is 0 Å². The van der Waals surface area contributed by atoms with Gasteiger partial charge in [-0.1, -0.05) is 48.5 Å². The average Bonchev–Trinajstić information content (AvgIpc) is 3.84. The average molecular weight is 954 g/mol. The summed E-state index contributed by atoms with van der Waals surface area (Å²) in [5.41, 5.74) is 3.48. The van der Waals surface area contributed by atoms with E-state index in [2.05, 4.69) is 0 Å². The predicted octanol–water partition coefficient (Wildman–Crippen LogP) is 4.75. The van der Waals surface area contributed by atoms with E-state index in [0.29, 0.717) is 23.1 Å². The second-order valence-electron chi connectivity index (χ2n) is 15.6. The second kappa shape index (κ2) is 24.3. The van der Waals surface area contributed by atoms with Gasteiger partial charge in [0.05, 0.1) is 44.4 Å². The van der Waals surface area contributed by atoms with E-state index in [1.54, 1.807) is 69.3 Å². The Labute approximate surface area is 385 Å². The number of hydrogen-bond donors (Lipinski definition) is 3. The Kier molecular flexibility index (Phi) is 19.9. The summed E-state index contributed by atoms with van der Waals surface area (Å²) in [6, 6.07) is 22.7. The molecular weight excluding hydrogens is 903 g/mol. The minimum absolute atomic E-state index is 0. The Hall–Kier alpha value is -6.11. The molecule has 2 atom stereocenters. The van der Waals surface area contributed by atoms with Crippen LogP contribution in [0.1, 0.15) is 44.7 Å². The molecule has 0 aromatic heterocycles. The molecule has 2 heterocycles. The molecule has 2 aliphatic heterocycles. The van der Waals surface area contributed by atoms with Gasteiger partial charge in [-0.3, -0.25) is 18.6 Å². The number of rotatable bonds is 16. The van der Waals surface area contributed by atoms with Crippen molar-refractivity contribution in [3.8, 4) is 22.3 Å². The zero-order valence-electron chi connectivity index (χ0n) is 35.7. The maximum atomic E-state index is 14.9. The summed E-state index contributed by atoms with van der Waals surface area (Å²) in [5, 5.41) is 20.0. The molecular formula is C45H50Cl2F4N4O10. The fraction of sp³-hybridized carbons (Fsp3) is 0.356. The van der Waals surface area contributed by atoms with E-state index in [1.807, 2.05) is 17.4 Å². The molecule has 0 aliphatic carbocycles. The van der Waals surface area contributed by atoms with Crippen molar-refractivity contribution in [2.45, 2.75) is 64.5 Å². The van der Waals surface area contributed by atoms with Gasteiger partial charge in [0, 0.05) is 36.2 Å². The van der Waals surface area contributed by atoms with Crippen molar-refractivity contribution in [1.82, 2.24) is 4.90 Å². The van der Waals surface area contributed by atoms with Crippen LogP contribution in [0.15, 0.2) is 84.9 Å². The van der Waals surface area contributed by atoms with Gasteiger partial charge < -0.3 is 47.0 Å². The quantitative estimate of drug-likeness (QED) is 0.0807. The third-order valence-electron chi connectivity index (χ3n) is 9.74. The van der Waals surface area contributed by atoms with Gasteiger partial charge in [-0.2, -0.15) is 0 Å². The summed E-state index contributed by atoms with van der Waals surface area (Å²) >= 11 is 0. The Balaban J connectivity index is 0.000000342. The first-order valence-corrected chi connectivity index (χ1v) is 20.1. The topological polar surface area (TPSA) is 180 Å². The van der Waals surface area contributed by atoms with Crippen molar-refractivity contribution in [3.63, 3.8) is 0 Å². The highest BCUT2D eigenvalue weighted by atomic mass is 35.5. The van der Waals surface area contributed by atoms with Crippen molar-refractivity contribution >= 4 is 54.0 Å². The lowest BCUT2D eigenvalue weighted by Crippen LogP contribution is -3.00. The minimum Gasteiger partial charge on any atom is -1.00 e. The number of nitrogens with two attached hydrogens (primary N) is 1.